The Labute approximate surface area is 237 Å². The van der Waals surface area contributed by atoms with Crippen molar-refractivity contribution in [2.45, 2.75) is 40.1 Å². The van der Waals surface area contributed by atoms with Gasteiger partial charge in [-0.3, -0.25) is 4.79 Å². The SMILES string of the molecule is CCCN(C)Cc1ccc(C)c(NC(=O)c2ccc(Nc3ncc(C)c(-c4ccc(OC(F)(F)F)cc4)n3)cc2)c1. The first-order chi connectivity index (χ1) is 19.5. The number of anilines is 3. The summed E-state index contributed by atoms with van der Waals surface area (Å²) in [5.41, 5.74) is 5.98. The molecule has 0 saturated heterocycles. The van der Waals surface area contributed by atoms with Gasteiger partial charge >= 0.3 is 6.36 Å². The van der Waals surface area contributed by atoms with Crippen molar-refractivity contribution < 1.29 is 22.7 Å². The molecule has 0 bridgehead atoms. The van der Waals surface area contributed by atoms with Crippen LogP contribution >= 0.6 is 0 Å². The molecule has 2 N–H and O–H groups in total. The molecule has 0 saturated carbocycles. The number of ether oxygens (including phenoxy) is 1. The van der Waals surface area contributed by atoms with E-state index in [9.17, 15) is 18.0 Å². The molecule has 0 unspecified atom stereocenters. The predicted octanol–water partition coefficient (Wildman–Crippen LogP) is 7.50. The highest BCUT2D eigenvalue weighted by Gasteiger charge is 2.31. The number of aryl methyl sites for hydroxylation is 2. The van der Waals surface area contributed by atoms with E-state index in [1.54, 1.807) is 30.5 Å². The first-order valence-electron chi connectivity index (χ1n) is 13.2. The lowest BCUT2D eigenvalue weighted by molar-refractivity contribution is -0.274. The summed E-state index contributed by atoms with van der Waals surface area (Å²) in [6, 6.07) is 18.5. The Hall–Kier alpha value is -4.44. The highest BCUT2D eigenvalue weighted by molar-refractivity contribution is 6.04. The van der Waals surface area contributed by atoms with Crippen molar-refractivity contribution in [3.8, 4) is 17.0 Å². The number of carbonyl (C=O) groups excluding carboxylic acids is 1. The fourth-order valence-electron chi connectivity index (χ4n) is 4.31. The fraction of sp³-hybridized carbons (Fsp3) is 0.258. The topological polar surface area (TPSA) is 79.4 Å². The van der Waals surface area contributed by atoms with E-state index < -0.39 is 6.36 Å². The van der Waals surface area contributed by atoms with Crippen molar-refractivity contribution in [2.24, 2.45) is 0 Å². The van der Waals surface area contributed by atoms with E-state index in [2.05, 4.69) is 50.3 Å². The molecule has 0 aliphatic heterocycles. The van der Waals surface area contributed by atoms with Gasteiger partial charge in [-0.15, -0.1) is 13.2 Å². The molecular formula is C31H32F3N5O2. The van der Waals surface area contributed by atoms with Crippen LogP contribution in [-0.4, -0.2) is 40.7 Å². The maximum absolute atomic E-state index is 13.0. The van der Waals surface area contributed by atoms with Crippen LogP contribution in [-0.2, 0) is 6.54 Å². The van der Waals surface area contributed by atoms with Crippen LogP contribution in [0.3, 0.4) is 0 Å². The summed E-state index contributed by atoms with van der Waals surface area (Å²) >= 11 is 0. The maximum Gasteiger partial charge on any atom is 0.573 e. The largest absolute Gasteiger partial charge is 0.573 e. The Bertz CT molecular complexity index is 1490. The molecule has 0 atom stereocenters. The van der Waals surface area contributed by atoms with E-state index in [4.69, 9.17) is 0 Å². The second-order valence-corrected chi connectivity index (χ2v) is 9.84. The molecule has 0 fully saturated rings. The van der Waals surface area contributed by atoms with Gasteiger partial charge < -0.3 is 20.3 Å². The highest BCUT2D eigenvalue weighted by Crippen LogP contribution is 2.28. The molecule has 0 aliphatic carbocycles. The number of alkyl halides is 3. The Morgan fingerprint density at radius 1 is 0.976 bits per heavy atom. The quantitative estimate of drug-likeness (QED) is 0.208. The van der Waals surface area contributed by atoms with Crippen molar-refractivity contribution in [3.63, 3.8) is 0 Å². The number of halogens is 3. The molecule has 10 heteroatoms. The molecule has 0 aliphatic rings. The second kappa shape index (κ2) is 12.8. The molecule has 4 aromatic rings. The zero-order valence-electron chi connectivity index (χ0n) is 23.3. The highest BCUT2D eigenvalue weighted by atomic mass is 19.4. The number of amides is 1. The number of carbonyl (C=O) groups is 1. The van der Waals surface area contributed by atoms with Gasteiger partial charge in [0.15, 0.2) is 0 Å². The van der Waals surface area contributed by atoms with E-state index >= 15 is 0 Å². The monoisotopic (exact) mass is 563 g/mol. The van der Waals surface area contributed by atoms with Gasteiger partial charge in [0.2, 0.25) is 5.95 Å². The molecule has 3 aromatic carbocycles. The average molecular weight is 564 g/mol. The minimum atomic E-state index is -4.76. The smallest absolute Gasteiger partial charge is 0.406 e. The molecule has 1 aromatic heterocycles. The number of benzene rings is 3. The molecule has 4 rings (SSSR count). The lowest BCUT2D eigenvalue weighted by atomic mass is 10.1. The number of rotatable bonds is 10. The Kier molecular flexibility index (Phi) is 9.24. The van der Waals surface area contributed by atoms with Crippen LogP contribution in [0.2, 0.25) is 0 Å². The minimum absolute atomic E-state index is 0.217. The summed E-state index contributed by atoms with van der Waals surface area (Å²) in [4.78, 5) is 24.1. The van der Waals surface area contributed by atoms with Crippen LogP contribution in [0.4, 0.5) is 30.5 Å². The van der Waals surface area contributed by atoms with E-state index in [1.807, 2.05) is 26.0 Å². The zero-order chi connectivity index (χ0) is 29.6. The summed E-state index contributed by atoms with van der Waals surface area (Å²) in [6.07, 6.45) is -2.05. The number of hydrogen-bond donors (Lipinski definition) is 2. The summed E-state index contributed by atoms with van der Waals surface area (Å²) in [6.45, 7) is 7.72. The third-order valence-electron chi connectivity index (χ3n) is 6.34. The maximum atomic E-state index is 13.0. The van der Waals surface area contributed by atoms with E-state index in [-0.39, 0.29) is 11.7 Å². The van der Waals surface area contributed by atoms with Gasteiger partial charge in [-0.1, -0.05) is 19.1 Å². The molecule has 1 heterocycles. The molecular weight excluding hydrogens is 531 g/mol. The van der Waals surface area contributed by atoms with E-state index in [0.717, 1.165) is 41.9 Å². The Balaban J connectivity index is 1.43. The number of hydrogen-bond acceptors (Lipinski definition) is 6. The van der Waals surface area contributed by atoms with Gasteiger partial charge in [0, 0.05) is 35.2 Å². The molecule has 0 radical (unpaired) electrons. The molecule has 1 amide bonds. The van der Waals surface area contributed by atoms with E-state index in [1.165, 1.54) is 24.3 Å². The van der Waals surface area contributed by atoms with E-state index in [0.29, 0.717) is 28.5 Å². The first-order valence-corrected chi connectivity index (χ1v) is 13.2. The number of nitrogens with zero attached hydrogens (tertiary/aromatic N) is 3. The summed E-state index contributed by atoms with van der Waals surface area (Å²) in [7, 11) is 2.08. The molecule has 7 nitrogen and oxygen atoms in total. The Morgan fingerprint density at radius 3 is 2.34 bits per heavy atom. The summed E-state index contributed by atoms with van der Waals surface area (Å²) in [5, 5.41) is 6.13. The summed E-state index contributed by atoms with van der Waals surface area (Å²) in [5.74, 6) is -0.220. The van der Waals surface area contributed by atoms with Gasteiger partial charge in [0.25, 0.3) is 5.91 Å². The lowest BCUT2D eigenvalue weighted by Gasteiger charge is -2.17. The van der Waals surface area contributed by atoms with Gasteiger partial charge in [0.05, 0.1) is 5.69 Å². The zero-order valence-corrected chi connectivity index (χ0v) is 23.3. The third-order valence-corrected chi connectivity index (χ3v) is 6.34. The van der Waals surface area contributed by atoms with Gasteiger partial charge in [-0.05, 0) is 105 Å². The molecule has 41 heavy (non-hydrogen) atoms. The standard InChI is InChI=1S/C31H32F3N5O2/c1-5-16-39(4)19-22-7-6-20(2)27(17-22)37-29(40)24-8-12-25(13-9-24)36-30-35-18-21(3)28(38-30)23-10-14-26(15-11-23)41-31(32,33)34/h6-15,17-18H,5,16,19H2,1-4H3,(H,37,40)(H,35,36,38). The van der Waals surface area contributed by atoms with Crippen molar-refractivity contribution in [3.05, 3.63) is 95.2 Å². The van der Waals surface area contributed by atoms with Crippen LogP contribution in [0.15, 0.2) is 72.9 Å². The van der Waals surface area contributed by atoms with Crippen LogP contribution in [0.25, 0.3) is 11.3 Å². The van der Waals surface area contributed by atoms with Crippen molar-refractivity contribution in [1.82, 2.24) is 14.9 Å². The van der Waals surface area contributed by atoms with Crippen LogP contribution in [0, 0.1) is 13.8 Å². The fourth-order valence-corrected chi connectivity index (χ4v) is 4.31. The van der Waals surface area contributed by atoms with Crippen LogP contribution < -0.4 is 15.4 Å². The summed E-state index contributed by atoms with van der Waals surface area (Å²) < 4.78 is 41.4. The van der Waals surface area contributed by atoms with Crippen molar-refractivity contribution in [1.29, 1.82) is 0 Å². The van der Waals surface area contributed by atoms with Crippen LogP contribution in [0.5, 0.6) is 5.75 Å². The van der Waals surface area contributed by atoms with Gasteiger partial charge in [-0.2, -0.15) is 0 Å². The lowest BCUT2D eigenvalue weighted by Crippen LogP contribution is -2.19. The van der Waals surface area contributed by atoms with Crippen molar-refractivity contribution in [2.75, 3.05) is 24.2 Å². The normalized spacial score (nSPS) is 11.4. The third kappa shape index (κ3) is 8.28. The number of aromatic nitrogens is 2. The van der Waals surface area contributed by atoms with Crippen LogP contribution in [0.1, 0.15) is 40.4 Å². The first kappa shape index (κ1) is 29.5. The average Bonchev–Trinajstić information content (AvgIpc) is 2.92. The van der Waals surface area contributed by atoms with Gasteiger partial charge in [-0.25, -0.2) is 9.97 Å². The second-order valence-electron chi connectivity index (χ2n) is 9.84. The van der Waals surface area contributed by atoms with Gasteiger partial charge in [0.1, 0.15) is 5.75 Å². The molecule has 214 valence electrons. The minimum Gasteiger partial charge on any atom is -0.406 e. The predicted molar refractivity (Wildman–Crippen MR) is 154 cm³/mol. The number of nitrogens with one attached hydrogen (secondary N) is 2. The Morgan fingerprint density at radius 2 is 1.68 bits per heavy atom. The molecule has 0 spiro atoms. The van der Waals surface area contributed by atoms with Crippen molar-refractivity contribution >= 4 is 23.2 Å².